The molecule has 2 heterocycles. The Balaban J connectivity index is 1.61. The van der Waals surface area contributed by atoms with Crippen molar-refractivity contribution in [3.63, 3.8) is 0 Å². The van der Waals surface area contributed by atoms with Crippen LogP contribution in [0.5, 0.6) is 0 Å². The standard InChI is InChI=1S/C15H27N3/c1-3-8-17-11-6-15(7-12-17)16-13-14(2)18-9-4-5-10-18/h1,14-16H,4-13H2,2H3. The predicted molar refractivity (Wildman–Crippen MR) is 76.6 cm³/mol. The maximum atomic E-state index is 5.35. The first-order valence-electron chi connectivity index (χ1n) is 7.43. The molecule has 0 amide bonds. The number of hydrogen-bond donors (Lipinski definition) is 1. The zero-order valence-electron chi connectivity index (χ0n) is 11.7. The van der Waals surface area contributed by atoms with Crippen molar-refractivity contribution in [2.45, 2.75) is 44.7 Å². The van der Waals surface area contributed by atoms with Gasteiger partial charge in [-0.05, 0) is 45.7 Å². The molecule has 0 aromatic heterocycles. The minimum Gasteiger partial charge on any atom is -0.312 e. The molecule has 1 unspecified atom stereocenters. The summed E-state index contributed by atoms with van der Waals surface area (Å²) in [7, 11) is 0. The second-order valence-electron chi connectivity index (χ2n) is 5.75. The molecule has 102 valence electrons. The van der Waals surface area contributed by atoms with Crippen molar-refractivity contribution in [2.75, 3.05) is 39.3 Å². The third-order valence-electron chi connectivity index (χ3n) is 4.37. The third-order valence-corrected chi connectivity index (χ3v) is 4.37. The lowest BCUT2D eigenvalue weighted by molar-refractivity contribution is 0.199. The van der Waals surface area contributed by atoms with E-state index in [1.165, 1.54) is 38.8 Å². The van der Waals surface area contributed by atoms with Gasteiger partial charge in [0.2, 0.25) is 0 Å². The van der Waals surface area contributed by atoms with E-state index in [1.807, 2.05) is 0 Å². The topological polar surface area (TPSA) is 18.5 Å². The van der Waals surface area contributed by atoms with Crippen LogP contribution in [0.2, 0.25) is 0 Å². The molecule has 2 fully saturated rings. The molecule has 3 heteroatoms. The zero-order chi connectivity index (χ0) is 12.8. The summed E-state index contributed by atoms with van der Waals surface area (Å²) >= 11 is 0. The van der Waals surface area contributed by atoms with Crippen LogP contribution < -0.4 is 5.32 Å². The van der Waals surface area contributed by atoms with Crippen LogP contribution in [0.4, 0.5) is 0 Å². The van der Waals surface area contributed by atoms with Gasteiger partial charge in [0.15, 0.2) is 0 Å². The molecule has 18 heavy (non-hydrogen) atoms. The minimum absolute atomic E-state index is 0.691. The molecule has 0 spiro atoms. The van der Waals surface area contributed by atoms with Gasteiger partial charge < -0.3 is 5.32 Å². The van der Waals surface area contributed by atoms with Gasteiger partial charge in [0.05, 0.1) is 6.54 Å². The lowest BCUT2D eigenvalue weighted by Gasteiger charge is -2.33. The predicted octanol–water partition coefficient (Wildman–Crippen LogP) is 1.16. The average molecular weight is 249 g/mol. The van der Waals surface area contributed by atoms with E-state index < -0.39 is 0 Å². The normalized spacial score (nSPS) is 25.1. The highest BCUT2D eigenvalue weighted by Crippen LogP contribution is 2.13. The smallest absolute Gasteiger partial charge is 0.0598 e. The van der Waals surface area contributed by atoms with Gasteiger partial charge in [0.25, 0.3) is 0 Å². The molecule has 0 bridgehead atoms. The summed E-state index contributed by atoms with van der Waals surface area (Å²) in [5.74, 6) is 2.74. The van der Waals surface area contributed by atoms with Gasteiger partial charge in [-0.25, -0.2) is 0 Å². The van der Waals surface area contributed by atoms with E-state index >= 15 is 0 Å². The second-order valence-corrected chi connectivity index (χ2v) is 5.75. The maximum Gasteiger partial charge on any atom is 0.0598 e. The Morgan fingerprint density at radius 1 is 1.22 bits per heavy atom. The number of rotatable bonds is 5. The molecular weight excluding hydrogens is 222 g/mol. The first kappa shape index (κ1) is 13.9. The van der Waals surface area contributed by atoms with Crippen LogP contribution in [-0.2, 0) is 0 Å². The molecule has 1 atom stereocenters. The van der Waals surface area contributed by atoms with Crippen molar-refractivity contribution in [1.82, 2.24) is 15.1 Å². The van der Waals surface area contributed by atoms with E-state index in [-0.39, 0.29) is 0 Å². The van der Waals surface area contributed by atoms with E-state index in [0.717, 1.165) is 26.2 Å². The largest absolute Gasteiger partial charge is 0.312 e. The molecular formula is C15H27N3. The highest BCUT2D eigenvalue weighted by atomic mass is 15.2. The summed E-state index contributed by atoms with van der Waals surface area (Å²) in [5, 5.41) is 3.74. The molecule has 3 nitrogen and oxygen atoms in total. The van der Waals surface area contributed by atoms with Crippen molar-refractivity contribution < 1.29 is 0 Å². The fourth-order valence-electron chi connectivity index (χ4n) is 3.07. The zero-order valence-corrected chi connectivity index (χ0v) is 11.7. The Morgan fingerprint density at radius 2 is 1.89 bits per heavy atom. The van der Waals surface area contributed by atoms with Crippen LogP contribution in [0.1, 0.15) is 32.6 Å². The molecule has 2 rings (SSSR count). The molecule has 0 aliphatic carbocycles. The molecule has 1 N–H and O–H groups in total. The Morgan fingerprint density at radius 3 is 2.50 bits per heavy atom. The average Bonchev–Trinajstić information content (AvgIpc) is 2.92. The van der Waals surface area contributed by atoms with Crippen LogP contribution in [0.15, 0.2) is 0 Å². The quantitative estimate of drug-likeness (QED) is 0.738. The van der Waals surface area contributed by atoms with Crippen LogP contribution in [-0.4, -0.2) is 61.2 Å². The van der Waals surface area contributed by atoms with Crippen molar-refractivity contribution >= 4 is 0 Å². The Labute approximate surface area is 112 Å². The minimum atomic E-state index is 0.691. The summed E-state index contributed by atoms with van der Waals surface area (Å²) in [6, 6.07) is 1.39. The molecule has 2 saturated heterocycles. The lowest BCUT2D eigenvalue weighted by atomic mass is 10.0. The lowest BCUT2D eigenvalue weighted by Crippen LogP contribution is -2.47. The monoisotopic (exact) mass is 249 g/mol. The van der Waals surface area contributed by atoms with E-state index in [9.17, 15) is 0 Å². The summed E-state index contributed by atoms with van der Waals surface area (Å²) in [5.41, 5.74) is 0. The van der Waals surface area contributed by atoms with Gasteiger partial charge >= 0.3 is 0 Å². The summed E-state index contributed by atoms with van der Waals surface area (Å²) < 4.78 is 0. The van der Waals surface area contributed by atoms with Crippen molar-refractivity contribution in [3.05, 3.63) is 0 Å². The van der Waals surface area contributed by atoms with E-state index in [1.54, 1.807) is 0 Å². The number of terminal acetylenes is 1. The van der Waals surface area contributed by atoms with Crippen molar-refractivity contribution in [1.29, 1.82) is 0 Å². The molecule has 0 saturated carbocycles. The summed E-state index contributed by atoms with van der Waals surface area (Å²) in [6.45, 7) is 9.20. The van der Waals surface area contributed by atoms with Gasteiger partial charge in [-0.15, -0.1) is 6.42 Å². The fraction of sp³-hybridized carbons (Fsp3) is 0.867. The maximum absolute atomic E-state index is 5.35. The van der Waals surface area contributed by atoms with Crippen LogP contribution in [0.3, 0.4) is 0 Å². The molecule has 0 radical (unpaired) electrons. The summed E-state index contributed by atoms with van der Waals surface area (Å²) in [4.78, 5) is 4.99. The van der Waals surface area contributed by atoms with Crippen molar-refractivity contribution in [3.8, 4) is 12.3 Å². The highest BCUT2D eigenvalue weighted by molar-refractivity contribution is 4.90. The molecule has 0 aromatic rings. The summed E-state index contributed by atoms with van der Waals surface area (Å²) in [6.07, 6.45) is 10.6. The van der Waals surface area contributed by atoms with E-state index in [0.29, 0.717) is 12.1 Å². The third kappa shape index (κ3) is 3.98. The van der Waals surface area contributed by atoms with Gasteiger partial charge in [-0.2, -0.15) is 0 Å². The van der Waals surface area contributed by atoms with Crippen LogP contribution in [0, 0.1) is 12.3 Å². The van der Waals surface area contributed by atoms with Gasteiger partial charge in [-0.3, -0.25) is 9.80 Å². The van der Waals surface area contributed by atoms with Crippen LogP contribution in [0.25, 0.3) is 0 Å². The number of nitrogens with zero attached hydrogens (tertiary/aromatic N) is 2. The van der Waals surface area contributed by atoms with Gasteiger partial charge in [-0.1, -0.05) is 5.92 Å². The van der Waals surface area contributed by atoms with E-state index in [4.69, 9.17) is 6.42 Å². The number of piperidine rings is 1. The first-order valence-corrected chi connectivity index (χ1v) is 7.43. The Bertz CT molecular complexity index is 270. The van der Waals surface area contributed by atoms with Crippen LogP contribution >= 0.6 is 0 Å². The number of nitrogens with one attached hydrogen (secondary N) is 1. The number of likely N-dealkylation sites (tertiary alicyclic amines) is 2. The van der Waals surface area contributed by atoms with Crippen molar-refractivity contribution in [2.24, 2.45) is 0 Å². The SMILES string of the molecule is C#CCN1CCC(NCC(C)N2CCCC2)CC1. The molecule has 0 aromatic carbocycles. The Kier molecular flexibility index (Phi) is 5.49. The highest BCUT2D eigenvalue weighted by Gasteiger charge is 2.21. The van der Waals surface area contributed by atoms with Gasteiger partial charge in [0, 0.05) is 31.7 Å². The second kappa shape index (κ2) is 7.13. The number of hydrogen-bond acceptors (Lipinski definition) is 3. The first-order chi connectivity index (χ1) is 8.79. The molecule has 2 aliphatic rings. The fourth-order valence-corrected chi connectivity index (χ4v) is 3.07. The van der Waals surface area contributed by atoms with Gasteiger partial charge in [0.1, 0.15) is 0 Å². The molecule has 2 aliphatic heterocycles. The van der Waals surface area contributed by atoms with E-state index in [2.05, 4.69) is 28.0 Å². The Hall–Kier alpha value is -0.560.